The Morgan fingerprint density at radius 1 is 1.38 bits per heavy atom. The van der Waals surface area contributed by atoms with E-state index >= 15 is 0 Å². The number of hydrogen-bond acceptors (Lipinski definition) is 4. The second kappa shape index (κ2) is 5.28. The normalized spacial score (nSPS) is 8.75. The van der Waals surface area contributed by atoms with E-state index < -0.39 is 5.97 Å². The summed E-state index contributed by atoms with van der Waals surface area (Å²) in [5.74, 6) is -1.06. The molecule has 0 radical (unpaired) electrons. The molecule has 0 fully saturated rings. The van der Waals surface area contributed by atoms with Gasteiger partial charge in [0.05, 0.1) is 17.2 Å². The molecule has 0 aliphatic carbocycles. The first kappa shape index (κ1) is 11.4. The molecular weight excluding hydrogens is 210 g/mol. The number of nitrogens with zero attached hydrogens (tertiary/aromatic N) is 4. The van der Waals surface area contributed by atoms with Gasteiger partial charge in [-0.3, -0.25) is 4.98 Å². The molecule has 0 saturated carbocycles. The highest BCUT2D eigenvalue weighted by Crippen LogP contribution is 2.07. The fraction of sp³-hybridized carbons (Fsp3) is 0. The van der Waals surface area contributed by atoms with E-state index in [2.05, 4.69) is 9.97 Å². The number of fused-ring (bicyclic) bond motifs is 1. The Morgan fingerprint density at radius 2 is 1.94 bits per heavy atom. The Kier molecular flexibility index (Phi) is 3.77. The Bertz CT molecular complexity index is 548. The molecule has 1 heterocycles. The van der Waals surface area contributed by atoms with Gasteiger partial charge in [0.1, 0.15) is 0 Å². The summed E-state index contributed by atoms with van der Waals surface area (Å²) in [5, 5.41) is 8.64. The maximum atomic E-state index is 10.5. The monoisotopic (exact) mass is 217 g/mol. The molecule has 0 bridgehead atoms. The second-order valence-electron chi connectivity index (χ2n) is 2.65. The number of benzene rings is 1. The van der Waals surface area contributed by atoms with Crippen LogP contribution in [0, 0.1) is 5.53 Å². The summed E-state index contributed by atoms with van der Waals surface area (Å²) >= 11 is 0. The van der Waals surface area contributed by atoms with Gasteiger partial charge in [-0.05, 0) is 22.6 Å². The van der Waals surface area contributed by atoms with Crippen molar-refractivity contribution in [2.24, 2.45) is 0 Å². The van der Waals surface area contributed by atoms with Crippen LogP contribution in [0.2, 0.25) is 0 Å². The highest BCUT2D eigenvalue weighted by Gasteiger charge is 2.05. The molecule has 0 aliphatic heterocycles. The van der Waals surface area contributed by atoms with E-state index in [-0.39, 0.29) is 5.69 Å². The number of rotatable bonds is 1. The van der Waals surface area contributed by atoms with Crippen molar-refractivity contribution >= 4 is 17.0 Å². The largest absolute Gasteiger partial charge is 0.476 e. The molecule has 1 aromatic carbocycles. The summed E-state index contributed by atoms with van der Waals surface area (Å²) in [6.45, 7) is 0. The van der Waals surface area contributed by atoms with Crippen LogP contribution in [-0.2, 0) is 0 Å². The van der Waals surface area contributed by atoms with Gasteiger partial charge in [0.15, 0.2) is 5.69 Å². The molecule has 0 spiro atoms. The number of carboxylic acids is 1. The van der Waals surface area contributed by atoms with Crippen molar-refractivity contribution in [2.75, 3.05) is 0 Å². The van der Waals surface area contributed by atoms with Gasteiger partial charge in [-0.2, -0.15) is 0 Å². The standard InChI is InChI=1S/C9H6N2O2.HN3/c12-9(13)8-5-10-6-3-1-2-4-7(6)11-8;1-3-2/h1-5H,(H,12,13);1H. The van der Waals surface area contributed by atoms with Crippen LogP contribution in [0.1, 0.15) is 10.5 Å². The third-order valence-electron chi connectivity index (χ3n) is 1.67. The van der Waals surface area contributed by atoms with Crippen LogP contribution in [0.15, 0.2) is 30.5 Å². The number of hydrogen-bond donors (Lipinski definition) is 2. The molecule has 0 atom stereocenters. The lowest BCUT2D eigenvalue weighted by Crippen LogP contribution is -2.00. The molecule has 0 saturated heterocycles. The van der Waals surface area contributed by atoms with E-state index in [1.165, 1.54) is 6.20 Å². The maximum Gasteiger partial charge on any atom is 0.356 e. The summed E-state index contributed by atoms with van der Waals surface area (Å²) in [4.78, 5) is 20.2. The third-order valence-corrected chi connectivity index (χ3v) is 1.67. The molecule has 16 heavy (non-hydrogen) atoms. The molecule has 0 aliphatic rings. The lowest BCUT2D eigenvalue weighted by atomic mass is 10.3. The smallest absolute Gasteiger partial charge is 0.356 e. The molecule has 0 amide bonds. The minimum atomic E-state index is -1.06. The van der Waals surface area contributed by atoms with Gasteiger partial charge in [-0.15, -0.1) is 5.53 Å². The van der Waals surface area contributed by atoms with Crippen molar-refractivity contribution in [3.8, 4) is 0 Å². The van der Waals surface area contributed by atoms with Gasteiger partial charge in [0.2, 0.25) is 0 Å². The molecule has 7 heteroatoms. The number of carbonyl (C=O) groups is 1. The van der Waals surface area contributed by atoms with Crippen LogP contribution in [-0.4, -0.2) is 21.0 Å². The number of carboxylic acid groups (broad SMARTS) is 1. The number of aromatic nitrogens is 2. The fourth-order valence-electron chi connectivity index (χ4n) is 1.06. The molecular formula is C9H7N5O2. The quantitative estimate of drug-likeness (QED) is 0.431. The van der Waals surface area contributed by atoms with Gasteiger partial charge in [0.25, 0.3) is 0 Å². The van der Waals surface area contributed by atoms with Gasteiger partial charge in [0, 0.05) is 0 Å². The summed E-state index contributed by atoms with van der Waals surface area (Å²) in [7, 11) is 0. The molecule has 2 rings (SSSR count). The predicted molar refractivity (Wildman–Crippen MR) is 55.9 cm³/mol. The summed E-state index contributed by atoms with van der Waals surface area (Å²) in [6.07, 6.45) is 1.25. The highest BCUT2D eigenvalue weighted by molar-refractivity contribution is 5.87. The fourth-order valence-corrected chi connectivity index (χ4v) is 1.06. The van der Waals surface area contributed by atoms with Crippen LogP contribution in [0.3, 0.4) is 0 Å². The second-order valence-corrected chi connectivity index (χ2v) is 2.65. The van der Waals surface area contributed by atoms with E-state index in [1.54, 1.807) is 23.1 Å². The molecule has 1 aromatic heterocycles. The van der Waals surface area contributed by atoms with E-state index in [4.69, 9.17) is 16.2 Å². The van der Waals surface area contributed by atoms with Gasteiger partial charge in [-0.25, -0.2) is 9.78 Å². The maximum absolute atomic E-state index is 10.5. The lowest BCUT2D eigenvalue weighted by Gasteiger charge is -1.96. The minimum absolute atomic E-state index is 0.0290. The van der Waals surface area contributed by atoms with Crippen molar-refractivity contribution in [1.82, 2.24) is 9.97 Å². The number of nitrogens with one attached hydrogen (secondary N) is 1. The molecule has 80 valence electrons. The van der Waals surface area contributed by atoms with E-state index in [0.717, 1.165) is 0 Å². The molecule has 7 nitrogen and oxygen atoms in total. The molecule has 2 N–H and O–H groups in total. The van der Waals surface area contributed by atoms with Crippen molar-refractivity contribution in [1.29, 1.82) is 5.53 Å². The molecule has 2 aromatic rings. The summed E-state index contributed by atoms with van der Waals surface area (Å²) < 4.78 is 0. The SMILES string of the molecule is O=C(O)c1cnc2ccccc2n1.[N-]=[N+]=N. The minimum Gasteiger partial charge on any atom is -0.476 e. The average Bonchev–Trinajstić information content (AvgIpc) is 2.29. The zero-order valence-electron chi connectivity index (χ0n) is 8.03. The van der Waals surface area contributed by atoms with Crippen molar-refractivity contribution in [3.63, 3.8) is 0 Å². The Morgan fingerprint density at radius 3 is 2.50 bits per heavy atom. The summed E-state index contributed by atoms with van der Waals surface area (Å²) in [6, 6.07) is 7.14. The van der Waals surface area contributed by atoms with Crippen LogP contribution in [0.25, 0.3) is 21.5 Å². The van der Waals surface area contributed by atoms with E-state index in [9.17, 15) is 4.79 Å². The Labute approximate surface area is 89.8 Å². The van der Waals surface area contributed by atoms with Crippen LogP contribution in [0.5, 0.6) is 0 Å². The first-order chi connectivity index (χ1) is 7.69. The molecule has 0 unspecified atom stereocenters. The van der Waals surface area contributed by atoms with Crippen LogP contribution >= 0.6 is 0 Å². The van der Waals surface area contributed by atoms with Gasteiger partial charge < -0.3 is 5.11 Å². The summed E-state index contributed by atoms with van der Waals surface area (Å²) in [5.41, 5.74) is 13.5. The van der Waals surface area contributed by atoms with Crippen LogP contribution in [0.4, 0.5) is 0 Å². The van der Waals surface area contributed by atoms with Crippen molar-refractivity contribution < 1.29 is 9.90 Å². The Hall–Kier alpha value is -2.66. The van der Waals surface area contributed by atoms with Gasteiger partial charge >= 0.3 is 5.97 Å². The zero-order chi connectivity index (χ0) is 12.0. The lowest BCUT2D eigenvalue weighted by molar-refractivity contribution is 0.0690. The van der Waals surface area contributed by atoms with Crippen molar-refractivity contribution in [2.45, 2.75) is 0 Å². The zero-order valence-corrected chi connectivity index (χ0v) is 8.03. The predicted octanol–water partition coefficient (Wildman–Crippen LogP) is 2.20. The van der Waals surface area contributed by atoms with E-state index in [1.807, 2.05) is 6.07 Å². The number of aromatic carboxylic acids is 1. The van der Waals surface area contributed by atoms with Gasteiger partial charge in [-0.1, -0.05) is 12.1 Å². The van der Waals surface area contributed by atoms with Crippen molar-refractivity contribution in [3.05, 3.63) is 46.6 Å². The highest BCUT2D eigenvalue weighted by atomic mass is 16.4. The topological polar surface area (TPSA) is 123 Å². The van der Waals surface area contributed by atoms with E-state index in [0.29, 0.717) is 11.0 Å². The first-order valence-electron chi connectivity index (χ1n) is 4.15. The van der Waals surface area contributed by atoms with Crippen LogP contribution < -0.4 is 0 Å². The first-order valence-corrected chi connectivity index (χ1v) is 4.15. The average molecular weight is 217 g/mol. The Balaban J connectivity index is 0.000000386. The third kappa shape index (κ3) is 2.66. The number of para-hydroxylation sites is 2.